The van der Waals surface area contributed by atoms with Gasteiger partial charge < -0.3 is 10.6 Å². The third-order valence-corrected chi connectivity index (χ3v) is 3.88. The van der Waals surface area contributed by atoms with Gasteiger partial charge in [-0.05, 0) is 48.4 Å². The number of hydrogen-bond donors (Lipinski definition) is 3. The summed E-state index contributed by atoms with van der Waals surface area (Å²) in [5, 5.41) is 17.1. The molecule has 0 fully saturated rings. The van der Waals surface area contributed by atoms with Crippen molar-refractivity contribution >= 4 is 17.3 Å². The van der Waals surface area contributed by atoms with Crippen LogP contribution in [0.4, 0.5) is 5.69 Å². The Morgan fingerprint density at radius 1 is 1.04 bits per heavy atom. The second kappa shape index (κ2) is 11.2. The summed E-state index contributed by atoms with van der Waals surface area (Å²) in [7, 11) is 1.92. The Morgan fingerprint density at radius 2 is 1.64 bits per heavy atom. The lowest BCUT2D eigenvalue weighted by molar-refractivity contribution is -0.115. The molecule has 0 heterocycles. The van der Waals surface area contributed by atoms with Crippen molar-refractivity contribution in [1.29, 1.82) is 5.26 Å². The summed E-state index contributed by atoms with van der Waals surface area (Å²) in [6.45, 7) is 2.36. The first-order chi connectivity index (χ1) is 13.7. The van der Waals surface area contributed by atoms with Crippen LogP contribution in [0.1, 0.15) is 30.0 Å². The van der Waals surface area contributed by atoms with Crippen LogP contribution >= 0.6 is 0 Å². The summed E-state index contributed by atoms with van der Waals surface area (Å²) in [4.78, 5) is 11.7. The van der Waals surface area contributed by atoms with Gasteiger partial charge in [-0.15, -0.1) is 0 Å². The van der Waals surface area contributed by atoms with Crippen LogP contribution < -0.4 is 16.0 Å². The number of carbonyl (C=O) groups excluding carboxylic acids is 1. The van der Waals surface area contributed by atoms with Gasteiger partial charge in [0.1, 0.15) is 0 Å². The molecule has 2 aromatic carbocycles. The monoisotopic (exact) mass is 372 g/mol. The van der Waals surface area contributed by atoms with Crippen LogP contribution in [0.5, 0.6) is 0 Å². The Kier molecular flexibility index (Phi) is 8.33. The zero-order valence-electron chi connectivity index (χ0n) is 16.2. The molecule has 28 heavy (non-hydrogen) atoms. The van der Waals surface area contributed by atoms with Gasteiger partial charge in [0, 0.05) is 29.6 Å². The van der Waals surface area contributed by atoms with E-state index in [0.29, 0.717) is 5.69 Å². The van der Waals surface area contributed by atoms with E-state index in [9.17, 15) is 4.79 Å². The average Bonchev–Trinajstić information content (AvgIpc) is 2.72. The van der Waals surface area contributed by atoms with E-state index in [-0.39, 0.29) is 19.0 Å². The fourth-order valence-corrected chi connectivity index (χ4v) is 2.52. The number of benzene rings is 2. The van der Waals surface area contributed by atoms with Crippen molar-refractivity contribution in [2.45, 2.75) is 13.3 Å². The Morgan fingerprint density at radius 3 is 2.18 bits per heavy atom. The molecule has 0 aliphatic carbocycles. The van der Waals surface area contributed by atoms with Gasteiger partial charge in [0.05, 0.1) is 19.2 Å². The summed E-state index contributed by atoms with van der Waals surface area (Å²) in [6, 6.07) is 17.4. The average molecular weight is 372 g/mol. The highest BCUT2D eigenvalue weighted by Gasteiger charge is 2.01. The van der Waals surface area contributed by atoms with Crippen LogP contribution in [-0.2, 0) is 4.79 Å². The lowest BCUT2D eigenvalue weighted by atomic mass is 10.1. The maximum absolute atomic E-state index is 11.7. The van der Waals surface area contributed by atoms with E-state index in [0.717, 1.165) is 28.8 Å². The lowest BCUT2D eigenvalue weighted by Crippen LogP contribution is -2.28. The van der Waals surface area contributed by atoms with Gasteiger partial charge in [0.15, 0.2) is 0 Å². The fraction of sp³-hybridized carbons (Fsp3) is 0.217. The molecule has 3 N–H and O–H groups in total. The molecule has 2 rings (SSSR count). The molecule has 5 heteroatoms. The van der Waals surface area contributed by atoms with Crippen molar-refractivity contribution < 1.29 is 4.79 Å². The summed E-state index contributed by atoms with van der Waals surface area (Å²) in [5.74, 6) is 6.10. The van der Waals surface area contributed by atoms with Crippen LogP contribution in [0.2, 0.25) is 0 Å². The Bertz CT molecular complexity index is 910. The number of hydrogen-bond acceptors (Lipinski definition) is 4. The van der Waals surface area contributed by atoms with E-state index in [1.165, 1.54) is 0 Å². The molecule has 0 saturated carbocycles. The summed E-state index contributed by atoms with van der Waals surface area (Å²) in [6.07, 6.45) is 3.13. The predicted molar refractivity (Wildman–Crippen MR) is 113 cm³/mol. The van der Waals surface area contributed by atoms with Gasteiger partial charge >= 0.3 is 0 Å². The van der Waals surface area contributed by atoms with Crippen molar-refractivity contribution in [2.75, 3.05) is 25.5 Å². The zero-order chi connectivity index (χ0) is 20.2. The Hall–Kier alpha value is -3.54. The maximum atomic E-state index is 11.7. The van der Waals surface area contributed by atoms with E-state index >= 15 is 0 Å². The third kappa shape index (κ3) is 6.64. The van der Waals surface area contributed by atoms with Gasteiger partial charge in [0.25, 0.3) is 0 Å². The fourth-order valence-electron chi connectivity index (χ4n) is 2.52. The molecule has 5 nitrogen and oxygen atoms in total. The molecule has 0 aliphatic rings. The Balaban J connectivity index is 1.98. The second-order valence-electron chi connectivity index (χ2n) is 5.99. The van der Waals surface area contributed by atoms with Crippen LogP contribution in [-0.4, -0.2) is 26.0 Å². The van der Waals surface area contributed by atoms with Crippen molar-refractivity contribution in [2.24, 2.45) is 0 Å². The second-order valence-corrected chi connectivity index (χ2v) is 5.99. The SMILES string of the molecule is CC/C=C(/NC)c1ccc(C#Cc2ccc(NC(=O)CNCC#N)cc2)cc1. The third-order valence-electron chi connectivity index (χ3n) is 3.88. The van der Waals surface area contributed by atoms with Gasteiger partial charge in [-0.2, -0.15) is 5.26 Å². The largest absolute Gasteiger partial charge is 0.388 e. The molecular formula is C23H24N4O. The highest BCUT2D eigenvalue weighted by Crippen LogP contribution is 2.13. The van der Waals surface area contributed by atoms with Gasteiger partial charge in [-0.3, -0.25) is 10.1 Å². The first kappa shape index (κ1) is 20.8. The number of nitrogens with zero attached hydrogens (tertiary/aromatic N) is 1. The van der Waals surface area contributed by atoms with Gasteiger partial charge in [-0.25, -0.2) is 0 Å². The summed E-state index contributed by atoms with van der Waals surface area (Å²) in [5.41, 5.74) is 4.76. The number of nitrogens with one attached hydrogen (secondary N) is 3. The molecule has 0 bridgehead atoms. The molecule has 0 saturated heterocycles. The molecule has 142 valence electrons. The predicted octanol–water partition coefficient (Wildman–Crippen LogP) is 3.11. The quantitative estimate of drug-likeness (QED) is 0.396. The number of anilines is 1. The molecule has 1 amide bonds. The molecule has 0 atom stereocenters. The first-order valence-electron chi connectivity index (χ1n) is 9.14. The van der Waals surface area contributed by atoms with E-state index in [2.05, 4.69) is 52.9 Å². The van der Waals surface area contributed by atoms with E-state index in [1.807, 2.05) is 49.5 Å². The minimum Gasteiger partial charge on any atom is -0.388 e. The minimum absolute atomic E-state index is 0.105. The van der Waals surface area contributed by atoms with Crippen molar-refractivity contribution in [1.82, 2.24) is 10.6 Å². The highest BCUT2D eigenvalue weighted by molar-refractivity contribution is 5.92. The number of rotatable bonds is 7. The molecular weight excluding hydrogens is 348 g/mol. The van der Waals surface area contributed by atoms with Crippen molar-refractivity contribution in [3.8, 4) is 17.9 Å². The lowest BCUT2D eigenvalue weighted by Gasteiger charge is -2.06. The molecule has 0 aromatic heterocycles. The number of amides is 1. The molecule has 0 spiro atoms. The Labute approximate surface area is 166 Å². The minimum atomic E-state index is -0.188. The van der Waals surface area contributed by atoms with Crippen LogP contribution in [0.3, 0.4) is 0 Å². The standard InChI is InChI=1S/C23H24N4O/c1-3-4-22(25-2)20-11-7-18(8-12-20)5-6-19-9-13-21(14-10-19)27-23(28)17-26-16-15-24/h4,7-14,25-26H,3,16-17H2,1-2H3,(H,27,28)/b22-4+. The van der Waals surface area contributed by atoms with Crippen LogP contribution in [0.15, 0.2) is 54.6 Å². The molecule has 0 aliphatic heterocycles. The number of carbonyl (C=O) groups is 1. The van der Waals surface area contributed by atoms with Crippen LogP contribution in [0, 0.1) is 23.2 Å². The number of allylic oxidation sites excluding steroid dienone is 1. The normalized spacial score (nSPS) is 10.4. The number of nitriles is 1. The highest BCUT2D eigenvalue weighted by atomic mass is 16.1. The van der Waals surface area contributed by atoms with E-state index in [1.54, 1.807) is 0 Å². The van der Waals surface area contributed by atoms with Crippen LogP contribution in [0.25, 0.3) is 5.70 Å². The molecule has 0 radical (unpaired) electrons. The topological polar surface area (TPSA) is 76.9 Å². The summed E-state index contributed by atoms with van der Waals surface area (Å²) < 4.78 is 0. The van der Waals surface area contributed by atoms with Gasteiger partial charge in [-0.1, -0.05) is 37.0 Å². The maximum Gasteiger partial charge on any atom is 0.238 e. The van der Waals surface area contributed by atoms with Crippen molar-refractivity contribution in [3.63, 3.8) is 0 Å². The van der Waals surface area contributed by atoms with E-state index < -0.39 is 0 Å². The van der Waals surface area contributed by atoms with Crippen molar-refractivity contribution in [3.05, 3.63) is 71.3 Å². The van der Waals surface area contributed by atoms with Gasteiger partial charge in [0.2, 0.25) is 5.91 Å². The van der Waals surface area contributed by atoms with E-state index in [4.69, 9.17) is 5.26 Å². The molecule has 0 unspecified atom stereocenters. The molecule has 2 aromatic rings. The zero-order valence-corrected chi connectivity index (χ0v) is 16.2. The smallest absolute Gasteiger partial charge is 0.238 e. The first-order valence-corrected chi connectivity index (χ1v) is 9.14. The summed E-state index contributed by atoms with van der Waals surface area (Å²) >= 11 is 0.